The molecular formula is C3H6N4. The summed E-state index contributed by atoms with van der Waals surface area (Å²) < 4.78 is 0. The second kappa shape index (κ2) is 3.18. The van der Waals surface area contributed by atoms with Crippen LogP contribution in [0.3, 0.4) is 0 Å². The average Bonchev–Trinajstić information content (AvgIpc) is 1.68. The minimum absolute atomic E-state index is 0.0856. The van der Waals surface area contributed by atoms with Gasteiger partial charge in [-0.2, -0.15) is 0 Å². The Kier molecular flexibility index (Phi) is 2.72. The standard InChI is InChI=1S/C3H6N4/c1-2-3(4)6-7-5/h4H,2H2,1H3. The Morgan fingerprint density at radius 1 is 2.00 bits per heavy atom. The van der Waals surface area contributed by atoms with Crippen LogP contribution >= 0.6 is 0 Å². The molecule has 0 aliphatic heterocycles. The third-order valence-electron chi connectivity index (χ3n) is 0.500. The van der Waals surface area contributed by atoms with Crippen molar-refractivity contribution in [3.05, 3.63) is 10.4 Å². The smallest absolute Gasteiger partial charge is 0.0943 e. The summed E-state index contributed by atoms with van der Waals surface area (Å²) in [7, 11) is 0. The number of hydrogen-bond acceptors (Lipinski definition) is 1. The number of hydrogen-bond donors (Lipinski definition) is 1. The van der Waals surface area contributed by atoms with Gasteiger partial charge >= 0.3 is 0 Å². The predicted molar refractivity (Wildman–Crippen MR) is 27.2 cm³/mol. The average molecular weight is 98.1 g/mol. The molecule has 0 unspecified atom stereocenters. The number of azide groups is 1. The molecule has 0 atom stereocenters. The third-order valence-corrected chi connectivity index (χ3v) is 0.500. The van der Waals surface area contributed by atoms with Crippen LogP contribution < -0.4 is 0 Å². The molecule has 0 aliphatic carbocycles. The molecule has 0 aromatic carbocycles. The maximum atomic E-state index is 7.69. The minimum Gasteiger partial charge on any atom is -0.303 e. The van der Waals surface area contributed by atoms with Gasteiger partial charge in [-0.1, -0.05) is 6.92 Å². The van der Waals surface area contributed by atoms with Crippen LogP contribution in [0.1, 0.15) is 13.3 Å². The van der Waals surface area contributed by atoms with E-state index < -0.39 is 0 Å². The lowest BCUT2D eigenvalue weighted by Gasteiger charge is -1.79. The van der Waals surface area contributed by atoms with E-state index in [0.717, 1.165) is 0 Å². The topological polar surface area (TPSA) is 72.6 Å². The Balaban J connectivity index is 3.58. The van der Waals surface area contributed by atoms with Crippen LogP contribution in [-0.4, -0.2) is 5.84 Å². The zero-order valence-electron chi connectivity index (χ0n) is 4.05. The normalized spacial score (nSPS) is 7.00. The van der Waals surface area contributed by atoms with Gasteiger partial charge in [-0.15, -0.1) is 0 Å². The van der Waals surface area contributed by atoms with Gasteiger partial charge in [0, 0.05) is 4.91 Å². The molecule has 0 saturated carbocycles. The third kappa shape index (κ3) is 2.79. The van der Waals surface area contributed by atoms with Crippen molar-refractivity contribution in [3.8, 4) is 0 Å². The number of amidine groups is 1. The zero-order valence-corrected chi connectivity index (χ0v) is 4.05. The van der Waals surface area contributed by atoms with Crippen LogP contribution in [0.25, 0.3) is 10.4 Å². The maximum Gasteiger partial charge on any atom is 0.0943 e. The van der Waals surface area contributed by atoms with E-state index in [9.17, 15) is 0 Å². The summed E-state index contributed by atoms with van der Waals surface area (Å²) in [5, 5.41) is 9.72. The molecule has 0 heterocycles. The molecule has 0 saturated heterocycles. The highest BCUT2D eigenvalue weighted by atomic mass is 15.1. The lowest BCUT2D eigenvalue weighted by atomic mass is 10.5. The van der Waals surface area contributed by atoms with Crippen LogP contribution in [0.15, 0.2) is 5.11 Å². The van der Waals surface area contributed by atoms with Gasteiger partial charge in [0.05, 0.1) is 5.84 Å². The molecule has 4 nitrogen and oxygen atoms in total. The van der Waals surface area contributed by atoms with Crippen molar-refractivity contribution in [1.82, 2.24) is 0 Å². The fourth-order valence-electron chi connectivity index (χ4n) is 0.125. The van der Waals surface area contributed by atoms with Gasteiger partial charge in [0.1, 0.15) is 0 Å². The first kappa shape index (κ1) is 5.98. The molecule has 4 heteroatoms. The van der Waals surface area contributed by atoms with Crippen LogP contribution in [0.4, 0.5) is 0 Å². The van der Waals surface area contributed by atoms with Crippen molar-refractivity contribution in [2.75, 3.05) is 0 Å². The minimum atomic E-state index is 0.0856. The van der Waals surface area contributed by atoms with E-state index in [2.05, 4.69) is 10.0 Å². The summed E-state index contributed by atoms with van der Waals surface area (Å²) in [6.07, 6.45) is 0.504. The fraction of sp³-hybridized carbons (Fsp3) is 0.667. The SMILES string of the molecule is CCC(=N)N=[N+]=[N-]. The Morgan fingerprint density at radius 2 is 2.57 bits per heavy atom. The molecule has 0 amide bonds. The molecule has 0 aliphatic rings. The Labute approximate surface area is 41.3 Å². The van der Waals surface area contributed by atoms with Gasteiger partial charge < -0.3 is 5.41 Å². The molecule has 38 valence electrons. The highest BCUT2D eigenvalue weighted by Gasteiger charge is 1.79. The molecule has 0 aromatic heterocycles. The van der Waals surface area contributed by atoms with E-state index in [1.54, 1.807) is 6.92 Å². The summed E-state index contributed by atoms with van der Waals surface area (Å²) in [5.41, 5.74) is 7.69. The summed E-state index contributed by atoms with van der Waals surface area (Å²) in [6.45, 7) is 1.76. The Bertz CT molecular complexity index is 110. The van der Waals surface area contributed by atoms with Crippen molar-refractivity contribution in [2.45, 2.75) is 13.3 Å². The van der Waals surface area contributed by atoms with Gasteiger partial charge in [-0.3, -0.25) is 0 Å². The molecule has 1 N–H and O–H groups in total. The van der Waals surface area contributed by atoms with Crippen molar-refractivity contribution in [1.29, 1.82) is 5.41 Å². The van der Waals surface area contributed by atoms with E-state index in [0.29, 0.717) is 6.42 Å². The number of nitrogens with one attached hydrogen (secondary N) is 1. The molecule has 0 bridgehead atoms. The Morgan fingerprint density at radius 3 is 2.71 bits per heavy atom. The largest absolute Gasteiger partial charge is 0.303 e. The van der Waals surface area contributed by atoms with Gasteiger partial charge in [0.2, 0.25) is 0 Å². The highest BCUT2D eigenvalue weighted by Crippen LogP contribution is 1.80. The van der Waals surface area contributed by atoms with Gasteiger partial charge in [-0.25, -0.2) is 0 Å². The van der Waals surface area contributed by atoms with Crippen LogP contribution in [0.5, 0.6) is 0 Å². The highest BCUT2D eigenvalue weighted by molar-refractivity contribution is 5.79. The first-order valence-electron chi connectivity index (χ1n) is 1.93. The molecular weight excluding hydrogens is 92.1 g/mol. The molecule has 0 fully saturated rings. The van der Waals surface area contributed by atoms with E-state index in [-0.39, 0.29) is 5.84 Å². The van der Waals surface area contributed by atoms with E-state index in [1.807, 2.05) is 0 Å². The molecule has 0 radical (unpaired) electrons. The van der Waals surface area contributed by atoms with Gasteiger partial charge in [0.25, 0.3) is 0 Å². The molecule has 0 aromatic rings. The van der Waals surface area contributed by atoms with Crippen LogP contribution in [0, 0.1) is 5.41 Å². The fourth-order valence-corrected chi connectivity index (χ4v) is 0.125. The summed E-state index contributed by atoms with van der Waals surface area (Å²) in [5.74, 6) is 0.0856. The first-order chi connectivity index (χ1) is 3.31. The Hall–Kier alpha value is -1.02. The molecule has 0 spiro atoms. The predicted octanol–water partition coefficient (Wildman–Crippen LogP) is 1.68. The summed E-state index contributed by atoms with van der Waals surface area (Å²) in [6, 6.07) is 0. The monoisotopic (exact) mass is 98.1 g/mol. The molecule has 0 rings (SSSR count). The van der Waals surface area contributed by atoms with E-state index in [4.69, 9.17) is 10.9 Å². The van der Waals surface area contributed by atoms with Crippen molar-refractivity contribution in [3.63, 3.8) is 0 Å². The second-order valence-electron chi connectivity index (χ2n) is 0.990. The second-order valence-corrected chi connectivity index (χ2v) is 0.990. The summed E-state index contributed by atoms with van der Waals surface area (Å²) in [4.78, 5) is 2.41. The van der Waals surface area contributed by atoms with Crippen molar-refractivity contribution >= 4 is 5.84 Å². The van der Waals surface area contributed by atoms with Crippen molar-refractivity contribution in [2.24, 2.45) is 5.11 Å². The number of rotatable bonds is 1. The molecule has 7 heavy (non-hydrogen) atoms. The zero-order chi connectivity index (χ0) is 5.70. The van der Waals surface area contributed by atoms with E-state index in [1.165, 1.54) is 0 Å². The van der Waals surface area contributed by atoms with Crippen LogP contribution in [0.2, 0.25) is 0 Å². The van der Waals surface area contributed by atoms with Gasteiger partial charge in [0.15, 0.2) is 0 Å². The van der Waals surface area contributed by atoms with Crippen LogP contribution in [-0.2, 0) is 0 Å². The quantitative estimate of drug-likeness (QED) is 0.170. The summed E-state index contributed by atoms with van der Waals surface area (Å²) >= 11 is 0. The van der Waals surface area contributed by atoms with E-state index >= 15 is 0 Å². The maximum absolute atomic E-state index is 7.69. The lowest BCUT2D eigenvalue weighted by Crippen LogP contribution is -1.81. The first-order valence-corrected chi connectivity index (χ1v) is 1.93. The lowest BCUT2D eigenvalue weighted by molar-refractivity contribution is 1.20. The van der Waals surface area contributed by atoms with Crippen molar-refractivity contribution < 1.29 is 0 Å². The number of nitrogens with zero attached hydrogens (tertiary/aromatic N) is 3. The van der Waals surface area contributed by atoms with Gasteiger partial charge in [-0.05, 0) is 17.1 Å².